The number of carbonyl (C=O) groups is 3. The molecule has 0 saturated heterocycles. The fraction of sp³-hybridized carbons (Fsp3) is 0.592. The molecule has 0 aromatic rings. The maximum atomic E-state index is 12.9. The molecule has 0 aliphatic heterocycles. The van der Waals surface area contributed by atoms with E-state index in [-0.39, 0.29) is 37.5 Å². The molecular formula is C76H120O6. The Morgan fingerprint density at radius 1 is 0.256 bits per heavy atom. The van der Waals surface area contributed by atoms with Crippen LogP contribution in [-0.2, 0) is 28.6 Å². The molecular weight excluding hydrogens is 1010 g/mol. The van der Waals surface area contributed by atoms with Gasteiger partial charge in [-0.25, -0.2) is 0 Å². The van der Waals surface area contributed by atoms with E-state index in [0.29, 0.717) is 19.3 Å². The fourth-order valence-electron chi connectivity index (χ4n) is 8.55. The van der Waals surface area contributed by atoms with E-state index in [1.54, 1.807) is 0 Å². The number of unbranched alkanes of at least 4 members (excludes halogenated alkanes) is 19. The number of hydrogen-bond donors (Lipinski definition) is 0. The third kappa shape index (κ3) is 65.6. The average molecular weight is 1130 g/mol. The predicted octanol–water partition coefficient (Wildman–Crippen LogP) is 23.0. The molecule has 0 aliphatic rings. The van der Waals surface area contributed by atoms with Crippen LogP contribution in [-0.4, -0.2) is 37.2 Å². The Balaban J connectivity index is 4.44. The van der Waals surface area contributed by atoms with Crippen LogP contribution in [0.25, 0.3) is 0 Å². The summed E-state index contributed by atoms with van der Waals surface area (Å²) in [6.07, 6.45) is 101. The summed E-state index contributed by atoms with van der Waals surface area (Å²) >= 11 is 0. The molecule has 0 N–H and O–H groups in total. The SMILES string of the molecule is CC/C=C\C/C=C\C/C=C\C/C=C\C/C=C\C/C=C\C/C=C\C/C=C\C/C=C\CCCC(=O)OCC(COC(=O)CCCCCCC/C=C\CCCCC)OC(=O)CCCCCCCCCCCC/C=C\C/C=C\C/C=C\C/C=C\CC. The summed E-state index contributed by atoms with van der Waals surface area (Å²) in [5.74, 6) is -0.987. The number of rotatable bonds is 58. The Morgan fingerprint density at radius 2 is 0.488 bits per heavy atom. The van der Waals surface area contributed by atoms with Crippen molar-refractivity contribution in [1.29, 1.82) is 0 Å². The van der Waals surface area contributed by atoms with Gasteiger partial charge in [0.1, 0.15) is 13.2 Å². The summed E-state index contributed by atoms with van der Waals surface area (Å²) in [5.41, 5.74) is 0. The molecule has 6 heteroatoms. The molecule has 460 valence electrons. The summed E-state index contributed by atoms with van der Waals surface area (Å²) in [4.78, 5) is 38.3. The molecule has 0 fully saturated rings. The fourth-order valence-corrected chi connectivity index (χ4v) is 8.55. The van der Waals surface area contributed by atoms with E-state index in [1.165, 1.54) is 83.5 Å². The quantitative estimate of drug-likeness (QED) is 0.0261. The maximum Gasteiger partial charge on any atom is 0.306 e. The first-order valence-electron chi connectivity index (χ1n) is 33.1. The smallest absolute Gasteiger partial charge is 0.306 e. The Labute approximate surface area is 504 Å². The first kappa shape index (κ1) is 76.8. The van der Waals surface area contributed by atoms with E-state index in [2.05, 4.69) is 191 Å². The Morgan fingerprint density at radius 3 is 0.805 bits per heavy atom. The Kier molecular flexibility index (Phi) is 63.9. The van der Waals surface area contributed by atoms with Gasteiger partial charge in [0.2, 0.25) is 0 Å². The van der Waals surface area contributed by atoms with Gasteiger partial charge in [0.25, 0.3) is 0 Å². The second kappa shape index (κ2) is 68.3. The number of hydrogen-bond acceptors (Lipinski definition) is 6. The lowest BCUT2D eigenvalue weighted by atomic mass is 10.0. The van der Waals surface area contributed by atoms with Crippen LogP contribution in [0.1, 0.15) is 271 Å². The van der Waals surface area contributed by atoms with E-state index >= 15 is 0 Å². The summed E-state index contributed by atoms with van der Waals surface area (Å²) in [7, 11) is 0. The molecule has 1 unspecified atom stereocenters. The monoisotopic (exact) mass is 1130 g/mol. The van der Waals surface area contributed by atoms with Crippen molar-refractivity contribution in [2.75, 3.05) is 13.2 Å². The Hall–Kier alpha value is -5.23. The highest BCUT2D eigenvalue weighted by Crippen LogP contribution is 2.15. The number of carbonyl (C=O) groups excluding carboxylic acids is 3. The molecule has 0 saturated carbocycles. The van der Waals surface area contributed by atoms with Crippen molar-refractivity contribution in [3.05, 3.63) is 170 Å². The lowest BCUT2D eigenvalue weighted by Gasteiger charge is -2.18. The third-order valence-corrected chi connectivity index (χ3v) is 13.4. The molecule has 0 aromatic heterocycles. The van der Waals surface area contributed by atoms with Crippen LogP contribution < -0.4 is 0 Å². The van der Waals surface area contributed by atoms with E-state index < -0.39 is 6.10 Å². The summed E-state index contributed by atoms with van der Waals surface area (Å²) in [5, 5.41) is 0. The zero-order chi connectivity index (χ0) is 59.2. The molecule has 6 nitrogen and oxygen atoms in total. The first-order chi connectivity index (χ1) is 40.5. The summed E-state index contributed by atoms with van der Waals surface area (Å²) < 4.78 is 16.9. The lowest BCUT2D eigenvalue weighted by molar-refractivity contribution is -0.167. The highest BCUT2D eigenvalue weighted by atomic mass is 16.6. The van der Waals surface area contributed by atoms with Gasteiger partial charge < -0.3 is 14.2 Å². The van der Waals surface area contributed by atoms with E-state index in [1.807, 2.05) is 0 Å². The predicted molar refractivity (Wildman–Crippen MR) is 357 cm³/mol. The van der Waals surface area contributed by atoms with Gasteiger partial charge in [0, 0.05) is 19.3 Å². The van der Waals surface area contributed by atoms with Crippen LogP contribution >= 0.6 is 0 Å². The van der Waals surface area contributed by atoms with Gasteiger partial charge in [-0.3, -0.25) is 14.4 Å². The highest BCUT2D eigenvalue weighted by molar-refractivity contribution is 5.71. The van der Waals surface area contributed by atoms with Crippen molar-refractivity contribution >= 4 is 17.9 Å². The Bertz CT molecular complexity index is 1870. The largest absolute Gasteiger partial charge is 0.462 e. The standard InChI is InChI=1S/C76H120O6/c1-4-7-10-13-16-19-22-25-27-29-31-33-35-36-37-38-39-40-42-43-45-47-49-51-54-57-60-63-66-69-75(78)81-72-73(71-80-74(77)68-65-62-59-56-53-24-21-18-15-12-9-6-3)82-76(79)70-67-64-61-58-55-52-50-48-46-44-41-34-32-30-28-26-23-20-17-14-11-8-5-2/h7-8,10-11,16-21,25-28,31-34,36-37,39-40,43,45,49,51,57,60,73H,4-6,9,12-15,22-24,29-30,35,38,41-42,44,46-48,50,52-56,58-59,61-72H2,1-3H3/b10-7-,11-8-,19-16-,20-17-,21-18-,27-25-,28-26-,33-31-,34-32-,37-36-,40-39-,45-43-,51-49-,60-57-. The normalized spacial score (nSPS) is 13.3. The van der Waals surface area contributed by atoms with Crippen molar-refractivity contribution in [2.24, 2.45) is 0 Å². The van der Waals surface area contributed by atoms with Gasteiger partial charge in [0.05, 0.1) is 0 Å². The molecule has 1 atom stereocenters. The van der Waals surface area contributed by atoms with Gasteiger partial charge in [-0.15, -0.1) is 0 Å². The van der Waals surface area contributed by atoms with Crippen LogP contribution in [0.4, 0.5) is 0 Å². The van der Waals surface area contributed by atoms with Crippen LogP contribution in [0, 0.1) is 0 Å². The van der Waals surface area contributed by atoms with Crippen LogP contribution in [0.5, 0.6) is 0 Å². The van der Waals surface area contributed by atoms with Gasteiger partial charge in [-0.1, -0.05) is 274 Å². The maximum absolute atomic E-state index is 12.9. The molecule has 0 radical (unpaired) electrons. The molecule has 0 bridgehead atoms. The van der Waals surface area contributed by atoms with Gasteiger partial charge in [0.15, 0.2) is 6.10 Å². The topological polar surface area (TPSA) is 78.9 Å². The van der Waals surface area contributed by atoms with Crippen molar-refractivity contribution in [1.82, 2.24) is 0 Å². The summed E-state index contributed by atoms with van der Waals surface area (Å²) in [6.45, 7) is 6.33. The highest BCUT2D eigenvalue weighted by Gasteiger charge is 2.19. The van der Waals surface area contributed by atoms with Crippen LogP contribution in [0.3, 0.4) is 0 Å². The molecule has 0 heterocycles. The van der Waals surface area contributed by atoms with Gasteiger partial charge in [-0.05, 0) is 148 Å². The molecule has 0 aliphatic carbocycles. The second-order valence-corrected chi connectivity index (χ2v) is 21.3. The van der Waals surface area contributed by atoms with Crippen LogP contribution in [0.15, 0.2) is 170 Å². The molecule has 0 aromatic carbocycles. The molecule has 0 rings (SSSR count). The van der Waals surface area contributed by atoms with Gasteiger partial charge in [-0.2, -0.15) is 0 Å². The minimum Gasteiger partial charge on any atom is -0.462 e. The van der Waals surface area contributed by atoms with Crippen LogP contribution in [0.2, 0.25) is 0 Å². The molecule has 82 heavy (non-hydrogen) atoms. The van der Waals surface area contributed by atoms with Crippen molar-refractivity contribution < 1.29 is 28.6 Å². The number of allylic oxidation sites excluding steroid dienone is 28. The van der Waals surface area contributed by atoms with Crippen molar-refractivity contribution in [2.45, 2.75) is 277 Å². The van der Waals surface area contributed by atoms with E-state index in [9.17, 15) is 14.4 Å². The lowest BCUT2D eigenvalue weighted by Crippen LogP contribution is -2.30. The van der Waals surface area contributed by atoms with Gasteiger partial charge >= 0.3 is 17.9 Å². The zero-order valence-corrected chi connectivity index (χ0v) is 52.7. The third-order valence-electron chi connectivity index (χ3n) is 13.4. The minimum atomic E-state index is -0.817. The molecule has 0 amide bonds. The zero-order valence-electron chi connectivity index (χ0n) is 52.7. The van der Waals surface area contributed by atoms with Crippen molar-refractivity contribution in [3.63, 3.8) is 0 Å². The molecule has 0 spiro atoms. The number of esters is 3. The second-order valence-electron chi connectivity index (χ2n) is 21.3. The summed E-state index contributed by atoms with van der Waals surface area (Å²) in [6, 6.07) is 0. The van der Waals surface area contributed by atoms with E-state index in [4.69, 9.17) is 14.2 Å². The average Bonchev–Trinajstić information content (AvgIpc) is 3.47. The first-order valence-corrected chi connectivity index (χ1v) is 33.1. The number of ether oxygens (including phenoxy) is 3. The minimum absolute atomic E-state index is 0.109. The van der Waals surface area contributed by atoms with E-state index in [0.717, 1.165) is 141 Å². The van der Waals surface area contributed by atoms with Crippen molar-refractivity contribution in [3.8, 4) is 0 Å².